The van der Waals surface area contributed by atoms with Crippen LogP contribution in [0.5, 0.6) is 23.0 Å². The summed E-state index contributed by atoms with van der Waals surface area (Å²) in [6.07, 6.45) is 0.311. The number of Topliss-reactive ketones (excluding diaryl/α,β-unsaturated/α-hetero) is 1. The van der Waals surface area contributed by atoms with Crippen LogP contribution in [0.1, 0.15) is 22.8 Å². The topological polar surface area (TPSA) is 141 Å². The van der Waals surface area contributed by atoms with Crippen molar-refractivity contribution in [1.82, 2.24) is 5.32 Å². The van der Waals surface area contributed by atoms with Crippen molar-refractivity contribution in [3.05, 3.63) is 53.3 Å². The Labute approximate surface area is 182 Å². The van der Waals surface area contributed by atoms with Crippen molar-refractivity contribution in [2.75, 3.05) is 13.4 Å². The van der Waals surface area contributed by atoms with Gasteiger partial charge in [-0.15, -0.1) is 0 Å². The number of aliphatic hydroxyl groups is 1. The first kappa shape index (κ1) is 21.2. The van der Waals surface area contributed by atoms with E-state index in [-0.39, 0.29) is 29.8 Å². The van der Waals surface area contributed by atoms with Crippen LogP contribution in [0.3, 0.4) is 0 Å². The molecule has 166 valence electrons. The Morgan fingerprint density at radius 2 is 1.94 bits per heavy atom. The Kier molecular flexibility index (Phi) is 5.69. The second-order valence-electron chi connectivity index (χ2n) is 7.12. The minimum absolute atomic E-state index is 0.120. The van der Waals surface area contributed by atoms with Crippen molar-refractivity contribution in [3.8, 4) is 23.0 Å². The first-order valence-electron chi connectivity index (χ1n) is 9.63. The molecule has 10 nitrogen and oxygen atoms in total. The fourth-order valence-electron chi connectivity index (χ4n) is 3.16. The van der Waals surface area contributed by atoms with Gasteiger partial charge in [0.2, 0.25) is 12.6 Å². The van der Waals surface area contributed by atoms with E-state index in [0.29, 0.717) is 22.6 Å². The van der Waals surface area contributed by atoms with E-state index in [1.54, 1.807) is 24.3 Å². The molecule has 0 aromatic heterocycles. The molecule has 0 saturated heterocycles. The highest BCUT2D eigenvalue weighted by Crippen LogP contribution is 2.37. The van der Waals surface area contributed by atoms with E-state index < -0.39 is 30.6 Å². The summed E-state index contributed by atoms with van der Waals surface area (Å²) in [5, 5.41) is 20.6. The molecule has 0 radical (unpaired) electrons. The standard InChI is InChI=1S/C22H19NO9/c1-11(24)20(22(27)28)23-19(25)9-29-13-3-4-14-16(8-13)32-18(21(14)26)7-12-2-5-15-17(6-12)31-10-30-15/h2-8,11,20,24H,9-10H2,1H3,(H,23,25)(H,27,28)/b18-7-/t11-,20-/m1/s1. The van der Waals surface area contributed by atoms with E-state index in [1.807, 2.05) is 0 Å². The average molecular weight is 441 g/mol. The number of ketones is 1. The molecule has 1 amide bonds. The summed E-state index contributed by atoms with van der Waals surface area (Å²) >= 11 is 0. The predicted molar refractivity (Wildman–Crippen MR) is 109 cm³/mol. The van der Waals surface area contributed by atoms with Crippen molar-refractivity contribution in [2.24, 2.45) is 0 Å². The maximum Gasteiger partial charge on any atom is 0.328 e. The first-order valence-corrected chi connectivity index (χ1v) is 9.63. The van der Waals surface area contributed by atoms with E-state index in [9.17, 15) is 19.5 Å². The van der Waals surface area contributed by atoms with Gasteiger partial charge in [-0.05, 0) is 42.8 Å². The van der Waals surface area contributed by atoms with Crippen LogP contribution in [-0.4, -0.2) is 53.4 Å². The molecule has 0 unspecified atom stereocenters. The van der Waals surface area contributed by atoms with Gasteiger partial charge in [-0.1, -0.05) is 6.07 Å². The fourth-order valence-corrected chi connectivity index (χ4v) is 3.16. The molecule has 2 aromatic carbocycles. The van der Waals surface area contributed by atoms with Gasteiger partial charge in [-0.2, -0.15) is 0 Å². The number of ether oxygens (including phenoxy) is 4. The summed E-state index contributed by atoms with van der Waals surface area (Å²) in [7, 11) is 0. The summed E-state index contributed by atoms with van der Waals surface area (Å²) in [6.45, 7) is 0.916. The number of hydrogen-bond donors (Lipinski definition) is 3. The van der Waals surface area contributed by atoms with Crippen molar-refractivity contribution in [2.45, 2.75) is 19.1 Å². The first-order chi connectivity index (χ1) is 15.3. The molecule has 0 bridgehead atoms. The minimum atomic E-state index is -1.45. The van der Waals surface area contributed by atoms with Gasteiger partial charge in [0.05, 0.1) is 11.7 Å². The highest BCUT2D eigenvalue weighted by Gasteiger charge is 2.28. The van der Waals surface area contributed by atoms with Crippen LogP contribution in [0.25, 0.3) is 6.08 Å². The number of amides is 1. The minimum Gasteiger partial charge on any atom is -0.484 e. The van der Waals surface area contributed by atoms with Crippen molar-refractivity contribution < 1.29 is 43.5 Å². The Morgan fingerprint density at radius 3 is 2.69 bits per heavy atom. The number of aliphatic hydroxyl groups excluding tert-OH is 1. The quantitative estimate of drug-likeness (QED) is 0.543. The molecule has 2 aromatic rings. The summed E-state index contributed by atoms with van der Waals surface area (Å²) in [6, 6.07) is 8.28. The zero-order chi connectivity index (χ0) is 22.8. The number of allylic oxidation sites excluding steroid dienone is 1. The molecule has 0 saturated carbocycles. The second-order valence-corrected chi connectivity index (χ2v) is 7.12. The molecule has 2 heterocycles. The molecule has 0 spiro atoms. The molecule has 2 aliphatic heterocycles. The monoisotopic (exact) mass is 441 g/mol. The number of carboxylic acid groups (broad SMARTS) is 1. The van der Waals surface area contributed by atoms with Gasteiger partial charge < -0.3 is 34.5 Å². The lowest BCUT2D eigenvalue weighted by atomic mass is 10.1. The van der Waals surface area contributed by atoms with E-state index in [4.69, 9.17) is 24.1 Å². The van der Waals surface area contributed by atoms with Gasteiger partial charge in [0, 0.05) is 6.07 Å². The van der Waals surface area contributed by atoms with Crippen LogP contribution in [0.4, 0.5) is 0 Å². The van der Waals surface area contributed by atoms with Gasteiger partial charge in [0.1, 0.15) is 11.5 Å². The van der Waals surface area contributed by atoms with E-state index in [2.05, 4.69) is 5.32 Å². The number of aliphatic carboxylic acids is 1. The molecule has 10 heteroatoms. The SMILES string of the molecule is C[C@@H](O)[C@@H](NC(=O)COc1ccc2c(c1)O/C(=C\c1ccc3c(c1)OCO3)C2=O)C(=O)O. The third kappa shape index (κ3) is 4.35. The van der Waals surface area contributed by atoms with Gasteiger partial charge in [0.15, 0.2) is 29.9 Å². The Bertz CT molecular complexity index is 1120. The van der Waals surface area contributed by atoms with Crippen LogP contribution in [0.2, 0.25) is 0 Å². The van der Waals surface area contributed by atoms with E-state index in [1.165, 1.54) is 25.1 Å². The van der Waals surface area contributed by atoms with E-state index >= 15 is 0 Å². The zero-order valence-electron chi connectivity index (χ0n) is 16.9. The van der Waals surface area contributed by atoms with Crippen molar-refractivity contribution in [1.29, 1.82) is 0 Å². The van der Waals surface area contributed by atoms with Gasteiger partial charge >= 0.3 is 5.97 Å². The lowest BCUT2D eigenvalue weighted by Gasteiger charge is -2.17. The maximum atomic E-state index is 12.6. The molecular formula is C22H19NO9. The molecule has 0 aliphatic carbocycles. The number of rotatable bonds is 7. The van der Waals surface area contributed by atoms with Crippen molar-refractivity contribution in [3.63, 3.8) is 0 Å². The van der Waals surface area contributed by atoms with Crippen LogP contribution in [0.15, 0.2) is 42.2 Å². The lowest BCUT2D eigenvalue weighted by Crippen LogP contribution is -2.49. The molecule has 32 heavy (non-hydrogen) atoms. The average Bonchev–Trinajstić information content (AvgIpc) is 3.34. The Morgan fingerprint density at radius 1 is 1.16 bits per heavy atom. The molecule has 0 fully saturated rings. The molecule has 4 rings (SSSR count). The van der Waals surface area contributed by atoms with Crippen LogP contribution in [0, 0.1) is 0 Å². The molecule has 2 atom stereocenters. The predicted octanol–water partition coefficient (Wildman–Crippen LogP) is 1.36. The normalized spacial score (nSPS) is 16.8. The van der Waals surface area contributed by atoms with Crippen LogP contribution < -0.4 is 24.3 Å². The second kappa shape index (κ2) is 8.60. The third-order valence-electron chi connectivity index (χ3n) is 4.77. The van der Waals surface area contributed by atoms with Crippen LogP contribution >= 0.6 is 0 Å². The van der Waals surface area contributed by atoms with Gasteiger partial charge in [-0.25, -0.2) is 4.79 Å². The Hall–Kier alpha value is -4.05. The maximum absolute atomic E-state index is 12.6. The summed E-state index contributed by atoms with van der Waals surface area (Å²) in [4.78, 5) is 35.6. The number of fused-ring (bicyclic) bond motifs is 2. The summed E-state index contributed by atoms with van der Waals surface area (Å²) in [5.74, 6) is -0.538. The molecule has 2 aliphatic rings. The lowest BCUT2D eigenvalue weighted by molar-refractivity contribution is -0.145. The molecule has 3 N–H and O–H groups in total. The Balaban J connectivity index is 1.42. The van der Waals surface area contributed by atoms with Crippen molar-refractivity contribution >= 4 is 23.7 Å². The molecular weight excluding hydrogens is 422 g/mol. The van der Waals surface area contributed by atoms with Gasteiger partial charge in [-0.3, -0.25) is 9.59 Å². The third-order valence-corrected chi connectivity index (χ3v) is 4.77. The zero-order valence-corrected chi connectivity index (χ0v) is 16.9. The highest BCUT2D eigenvalue weighted by atomic mass is 16.7. The van der Waals surface area contributed by atoms with Crippen LogP contribution in [-0.2, 0) is 9.59 Å². The summed E-state index contributed by atoms with van der Waals surface area (Å²) in [5.41, 5.74) is 1.04. The smallest absolute Gasteiger partial charge is 0.328 e. The largest absolute Gasteiger partial charge is 0.484 e. The van der Waals surface area contributed by atoms with E-state index in [0.717, 1.165) is 0 Å². The van der Waals surface area contributed by atoms with Gasteiger partial charge in [0.25, 0.3) is 5.91 Å². The number of benzene rings is 2. The number of carbonyl (C=O) groups excluding carboxylic acids is 2. The number of carboxylic acids is 1. The number of hydrogen-bond acceptors (Lipinski definition) is 8. The number of nitrogens with one attached hydrogen (secondary N) is 1. The summed E-state index contributed by atoms with van der Waals surface area (Å²) < 4.78 is 21.6. The highest BCUT2D eigenvalue weighted by molar-refractivity contribution is 6.14. The fraction of sp³-hybridized carbons (Fsp3) is 0.227. The number of carbonyl (C=O) groups is 3.